The topological polar surface area (TPSA) is 124 Å². The fraction of sp³-hybridized carbons (Fsp3) is 0.455. The summed E-state index contributed by atoms with van der Waals surface area (Å²) >= 11 is 0. The van der Waals surface area contributed by atoms with Crippen LogP contribution in [0.3, 0.4) is 0 Å². The summed E-state index contributed by atoms with van der Waals surface area (Å²) in [7, 11) is 0. The summed E-state index contributed by atoms with van der Waals surface area (Å²) in [6.45, 7) is 3.43. The van der Waals surface area contributed by atoms with Crippen molar-refractivity contribution >= 4 is 11.8 Å². The van der Waals surface area contributed by atoms with E-state index in [1.54, 1.807) is 6.92 Å². The van der Waals surface area contributed by atoms with E-state index in [4.69, 9.17) is 0 Å². The Bertz CT molecular complexity index is 1050. The van der Waals surface area contributed by atoms with Gasteiger partial charge in [0.1, 0.15) is 11.8 Å². The first kappa shape index (κ1) is 22.3. The normalized spacial score (nSPS) is 15.3. The van der Waals surface area contributed by atoms with E-state index in [0.29, 0.717) is 17.7 Å². The van der Waals surface area contributed by atoms with Crippen molar-refractivity contribution in [2.75, 3.05) is 6.54 Å². The molecular weight excluding hydrogens is 400 g/mol. The number of nitrogens with one attached hydrogen (secondary N) is 2. The summed E-state index contributed by atoms with van der Waals surface area (Å²) in [6, 6.07) is 4.89. The van der Waals surface area contributed by atoms with Crippen molar-refractivity contribution in [1.29, 1.82) is 0 Å². The Morgan fingerprint density at radius 1 is 1.19 bits per heavy atom. The fourth-order valence-corrected chi connectivity index (χ4v) is 3.79. The number of aromatic nitrogens is 2. The van der Waals surface area contributed by atoms with Crippen molar-refractivity contribution < 1.29 is 14.7 Å². The first-order chi connectivity index (χ1) is 14.8. The molecule has 166 valence electrons. The predicted molar refractivity (Wildman–Crippen MR) is 115 cm³/mol. The molecule has 0 saturated heterocycles. The van der Waals surface area contributed by atoms with Crippen molar-refractivity contribution in [1.82, 2.24) is 20.0 Å². The van der Waals surface area contributed by atoms with E-state index in [2.05, 4.69) is 10.4 Å². The van der Waals surface area contributed by atoms with Gasteiger partial charge in [0.2, 0.25) is 0 Å². The number of aromatic hydroxyl groups is 1. The highest BCUT2D eigenvalue weighted by Crippen LogP contribution is 2.25. The van der Waals surface area contributed by atoms with Crippen LogP contribution in [0, 0.1) is 12.8 Å². The van der Waals surface area contributed by atoms with E-state index < -0.39 is 29.1 Å². The Balaban J connectivity index is 1.82. The number of hydrazine groups is 1. The van der Waals surface area contributed by atoms with Gasteiger partial charge in [0, 0.05) is 23.9 Å². The van der Waals surface area contributed by atoms with Crippen molar-refractivity contribution in [3.05, 3.63) is 62.4 Å². The van der Waals surface area contributed by atoms with Crippen LogP contribution >= 0.6 is 0 Å². The van der Waals surface area contributed by atoms with E-state index in [1.807, 2.05) is 0 Å². The lowest BCUT2D eigenvalue weighted by atomic mass is 9.89. The minimum absolute atomic E-state index is 0.0425. The molecule has 0 radical (unpaired) electrons. The molecule has 3 rings (SSSR count). The van der Waals surface area contributed by atoms with Crippen LogP contribution in [-0.2, 0) is 4.79 Å². The summed E-state index contributed by atoms with van der Waals surface area (Å²) < 4.78 is 1.13. The molecule has 9 nitrogen and oxygen atoms in total. The third kappa shape index (κ3) is 5.42. The third-order valence-corrected chi connectivity index (χ3v) is 5.71. The van der Waals surface area contributed by atoms with Gasteiger partial charge in [-0.2, -0.15) is 0 Å². The first-order valence-electron chi connectivity index (χ1n) is 10.5. The van der Waals surface area contributed by atoms with Crippen molar-refractivity contribution in [2.45, 2.75) is 52.0 Å². The summed E-state index contributed by atoms with van der Waals surface area (Å²) in [5.74, 6) is -0.628. The number of aryl methyl sites for hydroxylation is 1. The minimum Gasteiger partial charge on any atom is -0.508 e. The van der Waals surface area contributed by atoms with Crippen molar-refractivity contribution in [2.24, 2.45) is 5.92 Å². The number of aromatic amines is 1. The smallest absolute Gasteiger partial charge is 0.329 e. The molecule has 1 aromatic heterocycles. The highest BCUT2D eigenvalue weighted by Gasteiger charge is 2.26. The molecule has 1 fully saturated rings. The second-order valence-electron chi connectivity index (χ2n) is 8.10. The second-order valence-corrected chi connectivity index (χ2v) is 8.10. The number of rotatable bonds is 5. The second kappa shape index (κ2) is 9.63. The first-order valence-corrected chi connectivity index (χ1v) is 10.5. The number of hydrogen-bond donors (Lipinski definition) is 3. The van der Waals surface area contributed by atoms with Crippen molar-refractivity contribution in [3.63, 3.8) is 0 Å². The minimum atomic E-state index is -0.940. The van der Waals surface area contributed by atoms with Gasteiger partial charge in [-0.25, -0.2) is 9.80 Å². The lowest BCUT2D eigenvalue weighted by molar-refractivity contribution is -0.128. The van der Waals surface area contributed by atoms with Crippen LogP contribution in [0.15, 0.2) is 40.1 Å². The average Bonchev–Trinajstić information content (AvgIpc) is 2.76. The van der Waals surface area contributed by atoms with Gasteiger partial charge in [-0.05, 0) is 56.9 Å². The van der Waals surface area contributed by atoms with Gasteiger partial charge >= 0.3 is 5.69 Å². The molecule has 1 aliphatic rings. The van der Waals surface area contributed by atoms with Crippen LogP contribution in [0.4, 0.5) is 0 Å². The van der Waals surface area contributed by atoms with E-state index in [1.165, 1.54) is 48.8 Å². The average molecular weight is 428 g/mol. The molecule has 1 aliphatic carbocycles. The molecular formula is C22H28N4O5. The molecule has 1 aromatic carbocycles. The van der Waals surface area contributed by atoms with Gasteiger partial charge < -0.3 is 5.11 Å². The van der Waals surface area contributed by atoms with Gasteiger partial charge in [-0.15, -0.1) is 0 Å². The van der Waals surface area contributed by atoms with Crippen molar-refractivity contribution in [3.8, 4) is 5.75 Å². The van der Waals surface area contributed by atoms with Gasteiger partial charge in [0.05, 0.1) is 0 Å². The number of carbonyl (C=O) groups is 2. The predicted octanol–water partition coefficient (Wildman–Crippen LogP) is 1.87. The number of phenols is 1. The Morgan fingerprint density at radius 3 is 2.48 bits per heavy atom. The number of hydrogen-bond acceptors (Lipinski definition) is 5. The molecule has 2 amide bonds. The van der Waals surface area contributed by atoms with E-state index in [9.17, 15) is 24.3 Å². The molecule has 1 heterocycles. The summed E-state index contributed by atoms with van der Waals surface area (Å²) in [5, 5.41) is 10.8. The van der Waals surface area contributed by atoms with Gasteiger partial charge in [-0.3, -0.25) is 29.4 Å². The number of phenolic OH excluding ortho intramolecular Hbond substituents is 1. The molecule has 2 aromatic rings. The number of carbonyl (C=O) groups excluding carboxylic acids is 2. The van der Waals surface area contributed by atoms with Crippen LogP contribution < -0.4 is 16.7 Å². The van der Waals surface area contributed by atoms with Gasteiger partial charge in [0.25, 0.3) is 17.4 Å². The maximum atomic E-state index is 13.1. The third-order valence-electron chi connectivity index (χ3n) is 5.71. The number of benzene rings is 1. The quantitative estimate of drug-likeness (QED) is 0.627. The number of nitrogens with zero attached hydrogens (tertiary/aromatic N) is 2. The monoisotopic (exact) mass is 428 g/mol. The molecule has 0 bridgehead atoms. The van der Waals surface area contributed by atoms with Gasteiger partial charge in [0.15, 0.2) is 0 Å². The summed E-state index contributed by atoms with van der Waals surface area (Å²) in [5.41, 5.74) is 2.11. The maximum absolute atomic E-state index is 13.1. The van der Waals surface area contributed by atoms with Crippen LogP contribution in [0.1, 0.15) is 61.0 Å². The number of amides is 2. The van der Waals surface area contributed by atoms with Gasteiger partial charge in [-0.1, -0.05) is 19.3 Å². The Labute approximate surface area is 179 Å². The maximum Gasteiger partial charge on any atom is 0.329 e. The SMILES string of the molecule is Cc1cn(C(C)C(=O)NN(CC2CCCCC2)C(=O)c2ccc(O)cc2)c(=O)[nH]c1=O. The summed E-state index contributed by atoms with van der Waals surface area (Å²) in [4.78, 5) is 52.0. The summed E-state index contributed by atoms with van der Waals surface area (Å²) in [6.07, 6.45) is 6.62. The molecule has 1 atom stereocenters. The highest BCUT2D eigenvalue weighted by atomic mass is 16.3. The molecule has 9 heteroatoms. The van der Waals surface area contributed by atoms with E-state index >= 15 is 0 Å². The van der Waals surface area contributed by atoms with E-state index in [-0.39, 0.29) is 11.7 Å². The fourth-order valence-electron chi connectivity index (χ4n) is 3.79. The largest absolute Gasteiger partial charge is 0.508 e. The van der Waals surface area contributed by atoms with Crippen LogP contribution in [0.25, 0.3) is 0 Å². The van der Waals surface area contributed by atoms with Crippen LogP contribution in [0.2, 0.25) is 0 Å². The zero-order chi connectivity index (χ0) is 22.5. The Morgan fingerprint density at radius 2 is 1.84 bits per heavy atom. The molecule has 0 aliphatic heterocycles. The Kier molecular flexibility index (Phi) is 6.94. The highest BCUT2D eigenvalue weighted by molar-refractivity contribution is 5.95. The zero-order valence-corrected chi connectivity index (χ0v) is 17.8. The zero-order valence-electron chi connectivity index (χ0n) is 17.8. The molecule has 0 spiro atoms. The molecule has 31 heavy (non-hydrogen) atoms. The molecule has 1 saturated carbocycles. The molecule has 3 N–H and O–H groups in total. The standard InChI is InChI=1S/C22H28N4O5/c1-14-12-25(22(31)23-19(14)28)15(2)20(29)24-26(13-16-6-4-3-5-7-16)21(30)17-8-10-18(27)11-9-17/h8-12,15-16,27H,3-7,13H2,1-2H3,(H,24,29)(H,23,28,31). The number of H-pyrrole nitrogens is 1. The lowest BCUT2D eigenvalue weighted by Crippen LogP contribution is -2.51. The van der Waals surface area contributed by atoms with Crippen LogP contribution in [-0.4, -0.2) is 38.0 Å². The lowest BCUT2D eigenvalue weighted by Gasteiger charge is -2.31. The van der Waals surface area contributed by atoms with Crippen LogP contribution in [0.5, 0.6) is 5.75 Å². The van der Waals surface area contributed by atoms with E-state index in [0.717, 1.165) is 30.3 Å². The Hall–Kier alpha value is -3.36. The molecule has 1 unspecified atom stereocenters.